The highest BCUT2D eigenvalue weighted by Crippen LogP contribution is 2.30. The SMILES string of the molecule is COc1cccc2c(-c3cn(Cc4cccn(CC5CCOCC5)c4=O)nn3)nc(N)nc12. The molecule has 10 heteroatoms. The maximum Gasteiger partial charge on any atom is 0.255 e. The normalized spacial score (nSPS) is 14.6. The van der Waals surface area contributed by atoms with Crippen LogP contribution in [0.4, 0.5) is 5.95 Å². The molecule has 1 aromatic carbocycles. The molecule has 10 nitrogen and oxygen atoms in total. The van der Waals surface area contributed by atoms with Gasteiger partial charge in [-0.1, -0.05) is 23.4 Å². The molecule has 0 unspecified atom stereocenters. The molecule has 1 aliphatic heterocycles. The van der Waals surface area contributed by atoms with Crippen molar-refractivity contribution in [1.82, 2.24) is 29.5 Å². The summed E-state index contributed by atoms with van der Waals surface area (Å²) < 4.78 is 14.3. The zero-order chi connectivity index (χ0) is 22.8. The summed E-state index contributed by atoms with van der Waals surface area (Å²) in [5.41, 5.74) is 8.29. The molecule has 0 radical (unpaired) electrons. The summed E-state index contributed by atoms with van der Waals surface area (Å²) in [7, 11) is 1.58. The van der Waals surface area contributed by atoms with Crippen LogP contribution in [0.5, 0.6) is 5.75 Å². The lowest BCUT2D eigenvalue weighted by Gasteiger charge is -2.22. The van der Waals surface area contributed by atoms with Gasteiger partial charge in [-0.3, -0.25) is 4.79 Å². The third-order valence-electron chi connectivity index (χ3n) is 5.94. The fraction of sp³-hybridized carbons (Fsp3) is 0.348. The van der Waals surface area contributed by atoms with Crippen LogP contribution in [0.2, 0.25) is 0 Å². The Bertz CT molecular complexity index is 1340. The van der Waals surface area contributed by atoms with Gasteiger partial charge in [-0.25, -0.2) is 14.6 Å². The lowest BCUT2D eigenvalue weighted by atomic mass is 10.0. The number of ether oxygens (including phenoxy) is 2. The largest absolute Gasteiger partial charge is 0.494 e. The zero-order valence-electron chi connectivity index (χ0n) is 18.3. The van der Waals surface area contributed by atoms with Crippen molar-refractivity contribution in [3.8, 4) is 17.1 Å². The smallest absolute Gasteiger partial charge is 0.255 e. The minimum atomic E-state index is -0.0116. The number of nitrogens with two attached hydrogens (primary N) is 1. The number of rotatable bonds is 6. The van der Waals surface area contributed by atoms with E-state index in [4.69, 9.17) is 15.2 Å². The molecule has 4 heterocycles. The van der Waals surface area contributed by atoms with Crippen LogP contribution >= 0.6 is 0 Å². The number of anilines is 1. The van der Waals surface area contributed by atoms with Crippen molar-refractivity contribution < 1.29 is 9.47 Å². The predicted octanol–water partition coefficient (Wildman–Crippen LogP) is 2.12. The van der Waals surface area contributed by atoms with E-state index in [9.17, 15) is 4.79 Å². The van der Waals surface area contributed by atoms with Gasteiger partial charge >= 0.3 is 0 Å². The number of hydrogen-bond donors (Lipinski definition) is 1. The molecule has 0 bridgehead atoms. The van der Waals surface area contributed by atoms with Crippen LogP contribution < -0.4 is 16.0 Å². The van der Waals surface area contributed by atoms with E-state index in [2.05, 4.69) is 20.3 Å². The van der Waals surface area contributed by atoms with Gasteiger partial charge in [-0.15, -0.1) is 5.10 Å². The second-order valence-electron chi connectivity index (χ2n) is 8.13. The van der Waals surface area contributed by atoms with E-state index in [1.807, 2.05) is 36.5 Å². The van der Waals surface area contributed by atoms with Crippen molar-refractivity contribution in [2.75, 3.05) is 26.1 Å². The molecule has 0 amide bonds. The van der Waals surface area contributed by atoms with Crippen molar-refractivity contribution in [3.05, 3.63) is 58.6 Å². The molecule has 3 aromatic heterocycles. The number of pyridine rings is 1. The number of benzene rings is 1. The van der Waals surface area contributed by atoms with E-state index in [-0.39, 0.29) is 11.5 Å². The quantitative estimate of drug-likeness (QED) is 0.477. The third-order valence-corrected chi connectivity index (χ3v) is 5.94. The van der Waals surface area contributed by atoms with Gasteiger partial charge in [0.15, 0.2) is 0 Å². The molecule has 0 atom stereocenters. The maximum absolute atomic E-state index is 13.0. The first kappa shape index (κ1) is 21.1. The number of fused-ring (bicyclic) bond motifs is 1. The van der Waals surface area contributed by atoms with Crippen LogP contribution in [0.25, 0.3) is 22.3 Å². The molecule has 5 rings (SSSR count). The Kier molecular flexibility index (Phi) is 5.74. The van der Waals surface area contributed by atoms with Gasteiger partial charge in [-0.2, -0.15) is 0 Å². The molecular weight excluding hydrogens is 422 g/mol. The van der Waals surface area contributed by atoms with E-state index < -0.39 is 0 Å². The monoisotopic (exact) mass is 447 g/mol. The standard InChI is InChI=1S/C23H25N7O3/c1-32-19-6-2-5-17-20(25-23(24)26-21(17)19)18-14-30(28-27-18)13-16-4-3-9-29(22(16)31)12-15-7-10-33-11-8-15/h2-6,9,14-15H,7-8,10-13H2,1H3,(H2,24,25,26). The van der Waals surface area contributed by atoms with Crippen LogP contribution in [0.3, 0.4) is 0 Å². The number of aromatic nitrogens is 6. The lowest BCUT2D eigenvalue weighted by Crippen LogP contribution is -2.29. The van der Waals surface area contributed by atoms with Gasteiger partial charge in [0.05, 0.1) is 19.9 Å². The number of para-hydroxylation sites is 1. The fourth-order valence-corrected chi connectivity index (χ4v) is 4.22. The van der Waals surface area contributed by atoms with E-state index >= 15 is 0 Å². The molecule has 1 aliphatic rings. The van der Waals surface area contributed by atoms with Gasteiger partial charge in [0, 0.05) is 36.9 Å². The topological polar surface area (TPSA) is 123 Å². The Morgan fingerprint density at radius 1 is 1.18 bits per heavy atom. The van der Waals surface area contributed by atoms with Crippen LogP contribution in [0, 0.1) is 5.92 Å². The van der Waals surface area contributed by atoms with Crippen molar-refractivity contribution in [3.63, 3.8) is 0 Å². The molecule has 1 fully saturated rings. The van der Waals surface area contributed by atoms with Crippen LogP contribution in [-0.2, 0) is 17.8 Å². The van der Waals surface area contributed by atoms with Crippen molar-refractivity contribution in [2.24, 2.45) is 5.92 Å². The van der Waals surface area contributed by atoms with Crippen molar-refractivity contribution in [1.29, 1.82) is 0 Å². The number of nitrogen functional groups attached to an aromatic ring is 1. The van der Waals surface area contributed by atoms with Gasteiger partial charge in [0.1, 0.15) is 22.7 Å². The van der Waals surface area contributed by atoms with E-state index in [1.165, 1.54) is 0 Å². The summed E-state index contributed by atoms with van der Waals surface area (Å²) in [4.78, 5) is 21.7. The highest BCUT2D eigenvalue weighted by molar-refractivity contribution is 5.95. The van der Waals surface area contributed by atoms with Crippen LogP contribution in [0.1, 0.15) is 18.4 Å². The third kappa shape index (κ3) is 4.29. The summed E-state index contributed by atoms with van der Waals surface area (Å²) in [5.74, 6) is 1.18. The first-order chi connectivity index (χ1) is 16.1. The number of hydrogen-bond acceptors (Lipinski definition) is 8. The molecule has 33 heavy (non-hydrogen) atoms. The predicted molar refractivity (Wildman–Crippen MR) is 123 cm³/mol. The van der Waals surface area contributed by atoms with Gasteiger partial charge in [0.2, 0.25) is 5.95 Å². The molecule has 1 saturated heterocycles. The van der Waals surface area contributed by atoms with E-state index in [0.717, 1.165) is 31.4 Å². The second kappa shape index (κ2) is 8.99. The van der Waals surface area contributed by atoms with Gasteiger partial charge in [0.25, 0.3) is 5.56 Å². The highest BCUT2D eigenvalue weighted by Gasteiger charge is 2.17. The summed E-state index contributed by atoms with van der Waals surface area (Å²) >= 11 is 0. The summed E-state index contributed by atoms with van der Waals surface area (Å²) in [5, 5.41) is 9.26. The fourth-order valence-electron chi connectivity index (χ4n) is 4.22. The summed E-state index contributed by atoms with van der Waals surface area (Å²) in [6.07, 6.45) is 5.56. The lowest BCUT2D eigenvalue weighted by molar-refractivity contribution is 0.0609. The first-order valence-electron chi connectivity index (χ1n) is 10.9. The van der Waals surface area contributed by atoms with Gasteiger partial charge in [-0.05, 0) is 30.9 Å². The van der Waals surface area contributed by atoms with E-state index in [0.29, 0.717) is 47.2 Å². The molecule has 0 spiro atoms. The minimum Gasteiger partial charge on any atom is -0.494 e. The Morgan fingerprint density at radius 3 is 2.85 bits per heavy atom. The molecule has 4 aromatic rings. The number of nitrogens with zero attached hydrogens (tertiary/aromatic N) is 6. The Morgan fingerprint density at radius 2 is 2.03 bits per heavy atom. The average molecular weight is 447 g/mol. The number of methoxy groups -OCH3 is 1. The summed E-state index contributed by atoms with van der Waals surface area (Å²) in [6, 6.07) is 9.29. The van der Waals surface area contributed by atoms with Crippen LogP contribution in [0.15, 0.2) is 47.5 Å². The van der Waals surface area contributed by atoms with E-state index in [1.54, 1.807) is 22.6 Å². The molecule has 2 N–H and O–H groups in total. The second-order valence-corrected chi connectivity index (χ2v) is 8.13. The molecule has 0 saturated carbocycles. The maximum atomic E-state index is 13.0. The average Bonchev–Trinajstić information content (AvgIpc) is 3.30. The highest BCUT2D eigenvalue weighted by atomic mass is 16.5. The van der Waals surface area contributed by atoms with Crippen molar-refractivity contribution in [2.45, 2.75) is 25.9 Å². The molecular formula is C23H25N7O3. The minimum absolute atomic E-state index is 0.0116. The van der Waals surface area contributed by atoms with Gasteiger partial charge < -0.3 is 19.8 Å². The Labute approximate surface area is 190 Å². The molecule has 0 aliphatic carbocycles. The zero-order valence-corrected chi connectivity index (χ0v) is 18.3. The Balaban J connectivity index is 1.43. The van der Waals surface area contributed by atoms with Crippen LogP contribution in [-0.4, -0.2) is 49.9 Å². The summed E-state index contributed by atoms with van der Waals surface area (Å²) in [6.45, 7) is 2.53. The first-order valence-corrected chi connectivity index (χ1v) is 10.9. The van der Waals surface area contributed by atoms with Crippen molar-refractivity contribution >= 4 is 16.9 Å². The molecule has 170 valence electrons. The Hall–Kier alpha value is -3.79.